The van der Waals surface area contributed by atoms with Crippen LogP contribution in [0.4, 0.5) is 5.69 Å². The number of benzene rings is 3. The minimum absolute atomic E-state index is 0.118. The minimum atomic E-state index is -3.92. The Morgan fingerprint density at radius 3 is 2.23 bits per heavy atom. The summed E-state index contributed by atoms with van der Waals surface area (Å²) < 4.78 is 39.0. The van der Waals surface area contributed by atoms with Gasteiger partial charge in [-0.15, -0.1) is 0 Å². The maximum absolute atomic E-state index is 13.2. The molecule has 0 saturated carbocycles. The summed E-state index contributed by atoms with van der Waals surface area (Å²) in [5.41, 5.74) is 0.410. The second kappa shape index (κ2) is 9.09. The largest absolute Gasteiger partial charge is 0.486 e. The molecule has 0 aromatic heterocycles. The van der Waals surface area contributed by atoms with Gasteiger partial charge in [0.05, 0.1) is 17.1 Å². The van der Waals surface area contributed by atoms with E-state index in [0.717, 1.165) is 4.31 Å². The fraction of sp³-hybridized carbons (Fsp3) is 0.174. The molecule has 1 aliphatic rings. The number of nitrogens with one attached hydrogen (secondary N) is 1. The van der Waals surface area contributed by atoms with Crippen molar-refractivity contribution in [1.82, 2.24) is 5.32 Å². The van der Waals surface area contributed by atoms with Crippen LogP contribution < -0.4 is 19.1 Å². The fourth-order valence-corrected chi connectivity index (χ4v) is 4.65. The van der Waals surface area contributed by atoms with E-state index >= 15 is 0 Å². The van der Waals surface area contributed by atoms with Gasteiger partial charge in [-0.1, -0.05) is 48.5 Å². The summed E-state index contributed by atoms with van der Waals surface area (Å²) in [6, 6.07) is 23.9. The van der Waals surface area contributed by atoms with Gasteiger partial charge < -0.3 is 14.8 Å². The molecule has 0 saturated heterocycles. The predicted octanol–water partition coefficient (Wildman–Crippen LogP) is 2.84. The number of hydrogen-bond donors (Lipinski definition) is 1. The number of fused-ring (bicyclic) bond motifs is 1. The van der Waals surface area contributed by atoms with Crippen LogP contribution in [0.15, 0.2) is 89.8 Å². The third-order valence-electron chi connectivity index (χ3n) is 4.76. The van der Waals surface area contributed by atoms with Crippen molar-refractivity contribution in [2.45, 2.75) is 11.0 Å². The Morgan fingerprint density at radius 1 is 0.903 bits per heavy atom. The molecule has 3 aromatic rings. The van der Waals surface area contributed by atoms with E-state index < -0.39 is 15.9 Å². The zero-order valence-corrected chi connectivity index (χ0v) is 17.5. The molecule has 1 atom stereocenters. The monoisotopic (exact) mass is 438 g/mol. The Balaban J connectivity index is 1.46. The number of carbonyl (C=O) groups is 1. The summed E-state index contributed by atoms with van der Waals surface area (Å²) in [4.78, 5) is 12.8. The second-order valence-electron chi connectivity index (χ2n) is 6.96. The first-order valence-electron chi connectivity index (χ1n) is 9.82. The van der Waals surface area contributed by atoms with Crippen molar-refractivity contribution >= 4 is 21.6 Å². The van der Waals surface area contributed by atoms with E-state index in [-0.39, 0.29) is 24.1 Å². The second-order valence-corrected chi connectivity index (χ2v) is 8.82. The van der Waals surface area contributed by atoms with Crippen LogP contribution in [0.2, 0.25) is 0 Å². The molecule has 0 fully saturated rings. The maximum atomic E-state index is 13.2. The summed E-state index contributed by atoms with van der Waals surface area (Å²) in [7, 11) is -3.92. The molecule has 31 heavy (non-hydrogen) atoms. The number of para-hydroxylation sites is 3. The number of nitrogens with zero attached hydrogens (tertiary/aromatic N) is 1. The van der Waals surface area contributed by atoms with E-state index in [2.05, 4.69) is 5.32 Å². The molecular formula is C23H22N2O5S. The Hall–Kier alpha value is -3.52. The van der Waals surface area contributed by atoms with E-state index in [9.17, 15) is 13.2 Å². The number of amides is 1. The molecule has 0 aliphatic carbocycles. The van der Waals surface area contributed by atoms with Gasteiger partial charge in [-0.25, -0.2) is 8.42 Å². The molecule has 160 valence electrons. The molecule has 1 amide bonds. The molecule has 4 rings (SSSR count). The Morgan fingerprint density at radius 2 is 1.52 bits per heavy atom. The number of ether oxygens (including phenoxy) is 2. The molecule has 0 radical (unpaired) electrons. The lowest BCUT2D eigenvalue weighted by molar-refractivity contribution is -0.120. The molecule has 7 nitrogen and oxygen atoms in total. The van der Waals surface area contributed by atoms with Crippen molar-refractivity contribution in [2.75, 3.05) is 24.0 Å². The van der Waals surface area contributed by atoms with Gasteiger partial charge in [0, 0.05) is 0 Å². The topological polar surface area (TPSA) is 84.9 Å². The zero-order valence-electron chi connectivity index (χ0n) is 16.7. The summed E-state index contributed by atoms with van der Waals surface area (Å²) >= 11 is 0. The van der Waals surface area contributed by atoms with Gasteiger partial charge in [-0.2, -0.15) is 0 Å². The summed E-state index contributed by atoms with van der Waals surface area (Å²) in [6.45, 7) is 0.134. The Kier molecular flexibility index (Phi) is 6.08. The Labute approximate surface area is 181 Å². The van der Waals surface area contributed by atoms with Crippen LogP contribution in [-0.2, 0) is 14.8 Å². The first kappa shape index (κ1) is 20.7. The highest BCUT2D eigenvalue weighted by atomic mass is 32.2. The minimum Gasteiger partial charge on any atom is -0.486 e. The van der Waals surface area contributed by atoms with Crippen molar-refractivity contribution in [3.63, 3.8) is 0 Å². The standard InChI is InChI=1S/C23H22N2O5S/c26-23(24-15-19-17-29-21-13-7-8-14-22(21)30-19)16-25(18-9-3-1-4-10-18)31(27,28)20-11-5-2-6-12-20/h1-14,19H,15-17H2,(H,24,26)/t19-/m1/s1. The van der Waals surface area contributed by atoms with Gasteiger partial charge in [-0.3, -0.25) is 9.10 Å². The number of hydrogen-bond acceptors (Lipinski definition) is 5. The average molecular weight is 439 g/mol. The summed E-state index contributed by atoms with van der Waals surface area (Å²) in [5, 5.41) is 2.76. The quantitative estimate of drug-likeness (QED) is 0.613. The van der Waals surface area contributed by atoms with E-state index in [1.165, 1.54) is 12.1 Å². The average Bonchev–Trinajstić information content (AvgIpc) is 2.82. The van der Waals surface area contributed by atoms with Crippen LogP contribution in [0, 0.1) is 0 Å². The number of sulfonamides is 1. The van der Waals surface area contributed by atoms with Crippen LogP contribution in [0.5, 0.6) is 11.5 Å². The van der Waals surface area contributed by atoms with Crippen LogP contribution in [0.3, 0.4) is 0 Å². The highest BCUT2D eigenvalue weighted by molar-refractivity contribution is 7.92. The molecular weight excluding hydrogens is 416 g/mol. The van der Waals surface area contributed by atoms with Gasteiger partial charge in [0.1, 0.15) is 19.3 Å². The molecule has 0 unspecified atom stereocenters. The number of anilines is 1. The van der Waals surface area contributed by atoms with Gasteiger partial charge in [0.15, 0.2) is 11.5 Å². The molecule has 8 heteroatoms. The first-order chi connectivity index (χ1) is 15.0. The lowest BCUT2D eigenvalue weighted by atomic mass is 10.2. The van der Waals surface area contributed by atoms with E-state index in [0.29, 0.717) is 23.8 Å². The van der Waals surface area contributed by atoms with E-state index in [1.807, 2.05) is 18.2 Å². The van der Waals surface area contributed by atoms with Crippen molar-refractivity contribution in [3.05, 3.63) is 84.9 Å². The number of rotatable bonds is 7. The summed E-state index contributed by atoms with van der Waals surface area (Å²) in [5.74, 6) is 0.839. The SMILES string of the molecule is O=C(CN(c1ccccc1)S(=O)(=O)c1ccccc1)NC[C@@H]1COc2ccccc2O1. The molecule has 0 bridgehead atoms. The van der Waals surface area contributed by atoms with Crippen LogP contribution in [-0.4, -0.2) is 40.1 Å². The zero-order chi connectivity index (χ0) is 21.7. The fourth-order valence-electron chi connectivity index (χ4n) is 3.21. The highest BCUT2D eigenvalue weighted by Crippen LogP contribution is 2.30. The summed E-state index contributed by atoms with van der Waals surface area (Å²) in [6.07, 6.45) is -0.366. The van der Waals surface area contributed by atoms with Crippen LogP contribution in [0.1, 0.15) is 0 Å². The van der Waals surface area contributed by atoms with Crippen molar-refractivity contribution in [2.24, 2.45) is 0 Å². The molecule has 1 aliphatic heterocycles. The maximum Gasteiger partial charge on any atom is 0.264 e. The van der Waals surface area contributed by atoms with E-state index in [1.54, 1.807) is 54.6 Å². The smallest absolute Gasteiger partial charge is 0.264 e. The van der Waals surface area contributed by atoms with Crippen molar-refractivity contribution in [1.29, 1.82) is 0 Å². The Bertz CT molecular complexity index is 1140. The predicted molar refractivity (Wildman–Crippen MR) is 117 cm³/mol. The van der Waals surface area contributed by atoms with Crippen molar-refractivity contribution in [3.8, 4) is 11.5 Å². The first-order valence-corrected chi connectivity index (χ1v) is 11.3. The van der Waals surface area contributed by atoms with Crippen LogP contribution in [0.25, 0.3) is 0 Å². The third kappa shape index (κ3) is 4.80. The third-order valence-corrected chi connectivity index (χ3v) is 6.55. The van der Waals surface area contributed by atoms with E-state index in [4.69, 9.17) is 9.47 Å². The number of carbonyl (C=O) groups excluding carboxylic acids is 1. The lowest BCUT2D eigenvalue weighted by Gasteiger charge is -2.27. The molecule has 1 N–H and O–H groups in total. The van der Waals surface area contributed by atoms with Crippen molar-refractivity contribution < 1.29 is 22.7 Å². The molecule has 3 aromatic carbocycles. The van der Waals surface area contributed by atoms with Gasteiger partial charge in [0.25, 0.3) is 10.0 Å². The molecule has 0 spiro atoms. The lowest BCUT2D eigenvalue weighted by Crippen LogP contribution is -2.45. The normalized spacial score (nSPS) is 15.2. The van der Waals surface area contributed by atoms with Crippen LogP contribution >= 0.6 is 0 Å². The van der Waals surface area contributed by atoms with Gasteiger partial charge >= 0.3 is 0 Å². The van der Waals surface area contributed by atoms with Gasteiger partial charge in [0.2, 0.25) is 5.91 Å². The van der Waals surface area contributed by atoms with Gasteiger partial charge in [-0.05, 0) is 36.4 Å². The molecule has 1 heterocycles. The highest BCUT2D eigenvalue weighted by Gasteiger charge is 2.28.